The first-order valence-electron chi connectivity index (χ1n) is 6.50. The van der Waals surface area contributed by atoms with Crippen molar-refractivity contribution in [3.63, 3.8) is 0 Å². The second kappa shape index (κ2) is 5.04. The molecule has 1 atom stereocenters. The fourth-order valence-electron chi connectivity index (χ4n) is 2.75. The van der Waals surface area contributed by atoms with E-state index in [1.807, 2.05) is 0 Å². The Balaban J connectivity index is 2.22. The molecule has 3 nitrogen and oxygen atoms in total. The monoisotopic (exact) mass is 326 g/mol. The van der Waals surface area contributed by atoms with Gasteiger partial charge >= 0.3 is 0 Å². The van der Waals surface area contributed by atoms with Crippen molar-refractivity contribution in [1.29, 1.82) is 5.26 Å². The predicted molar refractivity (Wildman–Crippen MR) is 73.7 cm³/mol. The van der Waals surface area contributed by atoms with Crippen LogP contribution in [0.4, 0.5) is 13.2 Å². The van der Waals surface area contributed by atoms with Gasteiger partial charge in [-0.15, -0.1) is 0 Å². The molecule has 0 fully saturated rings. The molecule has 1 N–H and O–H groups in total. The van der Waals surface area contributed by atoms with Gasteiger partial charge in [0.15, 0.2) is 0 Å². The molecule has 1 aliphatic carbocycles. The molecule has 1 aromatic heterocycles. The molecule has 22 heavy (non-hydrogen) atoms. The summed E-state index contributed by atoms with van der Waals surface area (Å²) >= 11 is 5.81. The van der Waals surface area contributed by atoms with E-state index >= 15 is 0 Å². The predicted octanol–water partition coefficient (Wildman–Crippen LogP) is 3.76. The minimum absolute atomic E-state index is 0.0325. The van der Waals surface area contributed by atoms with Crippen molar-refractivity contribution >= 4 is 11.6 Å². The van der Waals surface area contributed by atoms with E-state index in [0.29, 0.717) is 11.4 Å². The van der Waals surface area contributed by atoms with Gasteiger partial charge < -0.3 is 9.67 Å². The van der Waals surface area contributed by atoms with Gasteiger partial charge in [0.05, 0.1) is 5.56 Å². The van der Waals surface area contributed by atoms with Crippen molar-refractivity contribution in [1.82, 2.24) is 4.57 Å². The second-order valence-electron chi connectivity index (χ2n) is 5.18. The first kappa shape index (κ1) is 14.9. The van der Waals surface area contributed by atoms with Crippen LogP contribution in [0.1, 0.15) is 29.3 Å². The van der Waals surface area contributed by atoms with Crippen LogP contribution in [-0.4, -0.2) is 15.6 Å². The standard InChI is InChI=1S/C15H10ClF3N2O/c16-9-3-10(17)5-11(4-9)21-7-8(6-20)13-12(21)1-2-15(18,19)14(13)22/h3-5,7,14,22H,1-2H2. The van der Waals surface area contributed by atoms with E-state index in [-0.39, 0.29) is 22.6 Å². The summed E-state index contributed by atoms with van der Waals surface area (Å²) in [6.45, 7) is 0. The van der Waals surface area contributed by atoms with Gasteiger partial charge in [0, 0.05) is 34.6 Å². The zero-order valence-corrected chi connectivity index (χ0v) is 11.9. The van der Waals surface area contributed by atoms with Gasteiger partial charge in [-0.25, -0.2) is 13.2 Å². The molecule has 0 bridgehead atoms. The third-order valence-electron chi connectivity index (χ3n) is 3.76. The quantitative estimate of drug-likeness (QED) is 0.867. The minimum Gasteiger partial charge on any atom is -0.382 e. The highest BCUT2D eigenvalue weighted by atomic mass is 35.5. The van der Waals surface area contributed by atoms with Gasteiger partial charge in [-0.3, -0.25) is 0 Å². The summed E-state index contributed by atoms with van der Waals surface area (Å²) in [6, 6.07) is 5.57. The topological polar surface area (TPSA) is 49.0 Å². The van der Waals surface area contributed by atoms with Gasteiger partial charge in [0.2, 0.25) is 0 Å². The highest BCUT2D eigenvalue weighted by Crippen LogP contribution is 2.44. The summed E-state index contributed by atoms with van der Waals surface area (Å²) in [5.41, 5.74) is 0.540. The normalized spacial score (nSPS) is 19.5. The smallest absolute Gasteiger partial charge is 0.278 e. The van der Waals surface area contributed by atoms with Crippen molar-refractivity contribution in [2.75, 3.05) is 0 Å². The Hall–Kier alpha value is -1.97. The molecule has 0 aliphatic heterocycles. The van der Waals surface area contributed by atoms with Crippen LogP contribution in [0.15, 0.2) is 24.4 Å². The summed E-state index contributed by atoms with van der Waals surface area (Å²) in [5, 5.41) is 19.1. The molecule has 3 rings (SSSR count). The van der Waals surface area contributed by atoms with Crippen LogP contribution in [0, 0.1) is 17.1 Å². The number of halogens is 4. The summed E-state index contributed by atoms with van der Waals surface area (Å²) in [6.07, 6.45) is -1.30. The van der Waals surface area contributed by atoms with Crippen molar-refractivity contribution in [3.8, 4) is 11.8 Å². The third kappa shape index (κ3) is 2.27. The van der Waals surface area contributed by atoms with Crippen molar-refractivity contribution in [3.05, 3.63) is 52.1 Å². The average molecular weight is 327 g/mol. The minimum atomic E-state index is -3.29. The zero-order valence-electron chi connectivity index (χ0n) is 11.2. The van der Waals surface area contributed by atoms with E-state index < -0.39 is 24.3 Å². The third-order valence-corrected chi connectivity index (χ3v) is 3.98. The lowest BCUT2D eigenvalue weighted by atomic mass is 9.89. The molecular weight excluding hydrogens is 317 g/mol. The molecule has 0 saturated carbocycles. The highest BCUT2D eigenvalue weighted by Gasteiger charge is 2.46. The summed E-state index contributed by atoms with van der Waals surface area (Å²) < 4.78 is 42.3. The fraction of sp³-hybridized carbons (Fsp3) is 0.267. The van der Waals surface area contributed by atoms with Crippen LogP contribution in [0.2, 0.25) is 5.02 Å². The number of nitriles is 1. The van der Waals surface area contributed by atoms with Gasteiger partial charge in [0.25, 0.3) is 5.92 Å². The first-order valence-corrected chi connectivity index (χ1v) is 6.88. The van der Waals surface area contributed by atoms with Crippen LogP contribution in [0.3, 0.4) is 0 Å². The molecule has 1 aromatic carbocycles. The van der Waals surface area contributed by atoms with Crippen LogP contribution in [0.25, 0.3) is 5.69 Å². The fourth-order valence-corrected chi connectivity index (χ4v) is 2.97. The summed E-state index contributed by atoms with van der Waals surface area (Å²) in [5.74, 6) is -3.87. The van der Waals surface area contributed by atoms with E-state index in [1.54, 1.807) is 6.07 Å². The maximum Gasteiger partial charge on any atom is 0.278 e. The molecule has 1 heterocycles. The second-order valence-corrected chi connectivity index (χ2v) is 5.61. The lowest BCUT2D eigenvalue weighted by Crippen LogP contribution is -2.32. The van der Waals surface area contributed by atoms with Crippen LogP contribution >= 0.6 is 11.6 Å². The van der Waals surface area contributed by atoms with Crippen LogP contribution < -0.4 is 0 Å². The Kier molecular flexibility index (Phi) is 3.42. The molecule has 0 radical (unpaired) electrons. The van der Waals surface area contributed by atoms with Gasteiger partial charge in [-0.05, 0) is 24.6 Å². The number of nitrogens with zero attached hydrogens (tertiary/aromatic N) is 2. The van der Waals surface area contributed by atoms with Crippen molar-refractivity contribution in [2.24, 2.45) is 0 Å². The molecule has 114 valence electrons. The van der Waals surface area contributed by atoms with Crippen molar-refractivity contribution in [2.45, 2.75) is 24.9 Å². The number of aromatic nitrogens is 1. The molecule has 0 amide bonds. The number of rotatable bonds is 1. The number of hydrogen-bond donors (Lipinski definition) is 1. The van der Waals surface area contributed by atoms with E-state index in [9.17, 15) is 18.3 Å². The Labute approximate surface area is 129 Å². The molecule has 7 heteroatoms. The van der Waals surface area contributed by atoms with Crippen LogP contribution in [-0.2, 0) is 6.42 Å². The summed E-state index contributed by atoms with van der Waals surface area (Å²) in [4.78, 5) is 0. The lowest BCUT2D eigenvalue weighted by molar-refractivity contribution is -0.122. The molecule has 2 aromatic rings. The van der Waals surface area contributed by atoms with Gasteiger partial charge in [-0.2, -0.15) is 5.26 Å². The molecular formula is C15H10ClF3N2O. The molecule has 0 saturated heterocycles. The Morgan fingerprint density at radius 2 is 2.09 bits per heavy atom. The number of hydrogen-bond acceptors (Lipinski definition) is 2. The van der Waals surface area contributed by atoms with E-state index in [2.05, 4.69) is 0 Å². The molecule has 1 aliphatic rings. The number of fused-ring (bicyclic) bond motifs is 1. The van der Waals surface area contributed by atoms with Gasteiger partial charge in [-0.1, -0.05) is 11.6 Å². The molecule has 0 spiro atoms. The van der Waals surface area contributed by atoms with E-state index in [4.69, 9.17) is 16.9 Å². The first-order chi connectivity index (χ1) is 10.3. The van der Waals surface area contributed by atoms with Crippen LogP contribution in [0.5, 0.6) is 0 Å². The maximum absolute atomic E-state index is 13.7. The Bertz CT molecular complexity index is 775. The summed E-state index contributed by atoms with van der Waals surface area (Å²) in [7, 11) is 0. The Morgan fingerprint density at radius 3 is 2.73 bits per heavy atom. The van der Waals surface area contributed by atoms with E-state index in [1.165, 1.54) is 22.9 Å². The SMILES string of the molecule is N#Cc1cn(-c2cc(F)cc(Cl)c2)c2c1C(O)C(F)(F)CC2. The largest absolute Gasteiger partial charge is 0.382 e. The number of benzene rings is 1. The lowest BCUT2D eigenvalue weighted by Gasteiger charge is -2.28. The maximum atomic E-state index is 13.7. The van der Waals surface area contributed by atoms with E-state index in [0.717, 1.165) is 6.07 Å². The van der Waals surface area contributed by atoms with Crippen molar-refractivity contribution < 1.29 is 18.3 Å². The number of alkyl halides is 2. The Morgan fingerprint density at radius 1 is 1.36 bits per heavy atom. The molecule has 1 unspecified atom stereocenters. The van der Waals surface area contributed by atoms with Gasteiger partial charge in [0.1, 0.15) is 18.0 Å². The number of aliphatic hydroxyl groups excluding tert-OH is 1. The zero-order chi connectivity index (χ0) is 16.1. The average Bonchev–Trinajstić information content (AvgIpc) is 2.81. The highest BCUT2D eigenvalue weighted by molar-refractivity contribution is 6.30. The number of aliphatic hydroxyl groups is 1.